The Morgan fingerprint density at radius 3 is 2.56 bits per heavy atom. The van der Waals surface area contributed by atoms with Gasteiger partial charge >= 0.3 is 0 Å². The number of aromatic amines is 1. The minimum absolute atomic E-state index is 0.462. The maximum atomic E-state index is 12.2. The van der Waals surface area contributed by atoms with Crippen LogP contribution in [0.25, 0.3) is 16.5 Å². The van der Waals surface area contributed by atoms with Gasteiger partial charge in [0.25, 0.3) is 0 Å². The molecule has 0 amide bonds. The van der Waals surface area contributed by atoms with Crippen LogP contribution in [0.3, 0.4) is 0 Å². The molecule has 1 aliphatic heterocycles. The van der Waals surface area contributed by atoms with E-state index in [1.54, 1.807) is 13.8 Å². The van der Waals surface area contributed by atoms with Crippen molar-refractivity contribution < 1.29 is 8.42 Å². The topological polar surface area (TPSA) is 65.2 Å². The quantitative estimate of drug-likeness (QED) is 0.727. The normalized spacial score (nSPS) is 16.3. The van der Waals surface area contributed by atoms with E-state index in [4.69, 9.17) is 0 Å². The lowest BCUT2D eigenvalue weighted by atomic mass is 9.97. The lowest BCUT2D eigenvalue weighted by Gasteiger charge is -2.33. The maximum Gasteiger partial charge on any atom is 0.235 e. The van der Waals surface area contributed by atoms with Crippen LogP contribution < -0.4 is 4.72 Å². The Labute approximate surface area is 162 Å². The predicted molar refractivity (Wildman–Crippen MR) is 115 cm³/mol. The summed E-state index contributed by atoms with van der Waals surface area (Å²) in [5.74, 6) is 0. The third kappa shape index (κ3) is 4.22. The van der Waals surface area contributed by atoms with E-state index in [0.717, 1.165) is 30.4 Å². The molecule has 0 saturated heterocycles. The number of hydrogen-bond acceptors (Lipinski definition) is 3. The van der Waals surface area contributed by atoms with Gasteiger partial charge in [-0.2, -0.15) is 0 Å². The van der Waals surface area contributed by atoms with Gasteiger partial charge in [-0.15, -0.1) is 0 Å². The number of hydrogen-bond donors (Lipinski definition) is 2. The average molecular weight is 390 g/mol. The van der Waals surface area contributed by atoms with E-state index in [1.165, 1.54) is 24.0 Å². The summed E-state index contributed by atoms with van der Waals surface area (Å²) in [4.78, 5) is 5.88. The summed E-state index contributed by atoms with van der Waals surface area (Å²) in [5, 5.41) is 0.609. The Hall–Kier alpha value is -1.79. The van der Waals surface area contributed by atoms with Crippen molar-refractivity contribution in [3.05, 3.63) is 36.0 Å². The van der Waals surface area contributed by atoms with Gasteiger partial charge in [-0.05, 0) is 56.9 Å². The van der Waals surface area contributed by atoms with Gasteiger partial charge in [0.15, 0.2) is 0 Å². The molecule has 0 atom stereocenters. The molecule has 0 saturated carbocycles. The molecule has 0 aliphatic carbocycles. The molecule has 1 aromatic carbocycles. The number of H-pyrrole nitrogens is 1. The number of aromatic nitrogens is 1. The van der Waals surface area contributed by atoms with E-state index in [-0.39, 0.29) is 0 Å². The van der Waals surface area contributed by atoms with Gasteiger partial charge in [0.2, 0.25) is 10.0 Å². The summed E-state index contributed by atoms with van der Waals surface area (Å²) in [6, 6.07) is 6.35. The second-order valence-electron chi connectivity index (χ2n) is 7.60. The monoisotopic (exact) mass is 389 g/mol. The molecule has 0 unspecified atom stereocenters. The van der Waals surface area contributed by atoms with E-state index in [1.807, 2.05) is 24.4 Å². The predicted octanol–water partition coefficient (Wildman–Crippen LogP) is 4.60. The first-order chi connectivity index (χ1) is 12.9. The Balaban J connectivity index is 1.87. The Morgan fingerprint density at radius 2 is 1.96 bits per heavy atom. The first kappa shape index (κ1) is 20.0. The van der Waals surface area contributed by atoms with E-state index in [0.29, 0.717) is 11.7 Å². The van der Waals surface area contributed by atoms with E-state index < -0.39 is 15.3 Å². The van der Waals surface area contributed by atoms with E-state index in [9.17, 15) is 8.42 Å². The standard InChI is InChI=1S/C21H31N3O2S/c1-5-18(6-2)24-11-9-16(10-12-24)20-14-22-21-8-7-17(13-19(20)21)23-27(25,26)15(3)4/h7-9,13-15,18,22-23H,5-6,10-12H2,1-4H3. The SMILES string of the molecule is CCC(CC)N1CC=C(c2c[nH]c3ccc(NS(=O)(=O)C(C)C)cc23)CC1. The van der Waals surface area contributed by atoms with Crippen LogP contribution in [0.5, 0.6) is 0 Å². The fraction of sp³-hybridized carbons (Fsp3) is 0.524. The Bertz CT molecular complexity index is 924. The Kier molecular flexibility index (Phi) is 5.96. The van der Waals surface area contributed by atoms with Gasteiger partial charge in [-0.1, -0.05) is 19.9 Å². The third-order valence-corrected chi connectivity index (χ3v) is 7.37. The highest BCUT2D eigenvalue weighted by Gasteiger charge is 2.21. The largest absolute Gasteiger partial charge is 0.361 e. The van der Waals surface area contributed by atoms with Crippen LogP contribution in [0.2, 0.25) is 0 Å². The molecule has 0 radical (unpaired) electrons. The third-order valence-electron chi connectivity index (χ3n) is 5.61. The maximum absolute atomic E-state index is 12.2. The number of benzene rings is 1. The molecule has 6 heteroatoms. The molecule has 1 aliphatic rings. The molecule has 148 valence electrons. The number of sulfonamides is 1. The molecular weight excluding hydrogens is 358 g/mol. The summed E-state index contributed by atoms with van der Waals surface area (Å²) in [5.41, 5.74) is 4.17. The van der Waals surface area contributed by atoms with Crippen molar-refractivity contribution >= 4 is 32.2 Å². The Morgan fingerprint density at radius 1 is 1.22 bits per heavy atom. The summed E-state index contributed by atoms with van der Waals surface area (Å²) in [6.45, 7) is 9.93. The number of nitrogens with zero attached hydrogens (tertiary/aromatic N) is 1. The first-order valence-corrected chi connectivity index (χ1v) is 11.5. The number of nitrogens with one attached hydrogen (secondary N) is 2. The number of rotatable bonds is 7. The van der Waals surface area contributed by atoms with E-state index >= 15 is 0 Å². The molecule has 0 bridgehead atoms. The summed E-state index contributed by atoms with van der Waals surface area (Å²) >= 11 is 0. The molecule has 0 fully saturated rings. The van der Waals surface area contributed by atoms with Crippen LogP contribution in [0.15, 0.2) is 30.5 Å². The minimum atomic E-state index is -3.34. The van der Waals surface area contributed by atoms with Gasteiger partial charge in [0, 0.05) is 47.5 Å². The molecule has 27 heavy (non-hydrogen) atoms. The van der Waals surface area contributed by atoms with Crippen molar-refractivity contribution in [2.75, 3.05) is 17.8 Å². The molecule has 1 aromatic heterocycles. The second-order valence-corrected chi connectivity index (χ2v) is 9.84. The van der Waals surface area contributed by atoms with Crippen LogP contribution in [-0.2, 0) is 10.0 Å². The van der Waals surface area contributed by atoms with Gasteiger partial charge in [0.1, 0.15) is 0 Å². The zero-order valence-electron chi connectivity index (χ0n) is 16.7. The van der Waals surface area contributed by atoms with Crippen LogP contribution in [0.4, 0.5) is 5.69 Å². The lowest BCUT2D eigenvalue weighted by molar-refractivity contribution is 0.205. The minimum Gasteiger partial charge on any atom is -0.361 e. The molecule has 3 rings (SSSR count). The van der Waals surface area contributed by atoms with Crippen molar-refractivity contribution in [1.29, 1.82) is 0 Å². The van der Waals surface area contributed by atoms with Crippen LogP contribution >= 0.6 is 0 Å². The molecule has 5 nitrogen and oxygen atoms in total. The van der Waals surface area contributed by atoms with Crippen LogP contribution in [-0.4, -0.2) is 42.7 Å². The molecule has 0 spiro atoms. The number of anilines is 1. The zero-order chi connectivity index (χ0) is 19.6. The first-order valence-electron chi connectivity index (χ1n) is 9.92. The van der Waals surface area contributed by atoms with Crippen LogP contribution in [0, 0.1) is 0 Å². The lowest BCUT2D eigenvalue weighted by Crippen LogP contribution is -2.37. The fourth-order valence-electron chi connectivity index (χ4n) is 3.80. The highest BCUT2D eigenvalue weighted by Crippen LogP contribution is 2.32. The van der Waals surface area contributed by atoms with Gasteiger partial charge in [-0.3, -0.25) is 9.62 Å². The second kappa shape index (κ2) is 8.07. The molecular formula is C21H31N3O2S. The highest BCUT2D eigenvalue weighted by atomic mass is 32.2. The highest BCUT2D eigenvalue weighted by molar-refractivity contribution is 7.93. The smallest absolute Gasteiger partial charge is 0.235 e. The van der Waals surface area contributed by atoms with Crippen molar-refractivity contribution in [2.24, 2.45) is 0 Å². The van der Waals surface area contributed by atoms with Crippen molar-refractivity contribution in [3.8, 4) is 0 Å². The van der Waals surface area contributed by atoms with Crippen LogP contribution in [0.1, 0.15) is 52.5 Å². The zero-order valence-corrected chi connectivity index (χ0v) is 17.6. The van der Waals surface area contributed by atoms with E-state index in [2.05, 4.69) is 34.5 Å². The molecule has 2 heterocycles. The number of fused-ring (bicyclic) bond motifs is 1. The summed E-state index contributed by atoms with van der Waals surface area (Å²) in [7, 11) is -3.34. The summed E-state index contributed by atoms with van der Waals surface area (Å²) in [6.07, 6.45) is 7.77. The van der Waals surface area contributed by atoms with Crippen molar-refractivity contribution in [3.63, 3.8) is 0 Å². The average Bonchev–Trinajstić information content (AvgIpc) is 3.06. The van der Waals surface area contributed by atoms with Gasteiger partial charge in [0.05, 0.1) is 5.25 Å². The fourth-order valence-corrected chi connectivity index (χ4v) is 4.49. The van der Waals surface area contributed by atoms with Gasteiger partial charge < -0.3 is 4.98 Å². The van der Waals surface area contributed by atoms with Crippen molar-refractivity contribution in [1.82, 2.24) is 9.88 Å². The van der Waals surface area contributed by atoms with Crippen molar-refractivity contribution in [2.45, 2.75) is 58.2 Å². The molecule has 2 N–H and O–H groups in total. The molecule has 2 aromatic rings. The van der Waals surface area contributed by atoms with Gasteiger partial charge in [-0.25, -0.2) is 8.42 Å². The summed E-state index contributed by atoms with van der Waals surface area (Å²) < 4.78 is 27.1.